The molecule has 3 N–H and O–H groups in total. The van der Waals surface area contributed by atoms with Gasteiger partial charge in [-0.1, -0.05) is 23.7 Å². The maximum Gasteiger partial charge on any atom is 0.256 e. The summed E-state index contributed by atoms with van der Waals surface area (Å²) in [6, 6.07) is 13.6. The summed E-state index contributed by atoms with van der Waals surface area (Å²) >= 11 is 5.85. The molecule has 1 heterocycles. The molecule has 6 heteroatoms. The highest BCUT2D eigenvalue weighted by molar-refractivity contribution is 6.30. The second kappa shape index (κ2) is 7.68. The number of benzene rings is 2. The summed E-state index contributed by atoms with van der Waals surface area (Å²) in [7, 11) is 0. The van der Waals surface area contributed by atoms with E-state index in [2.05, 4.69) is 5.32 Å². The number of nitrogens with one attached hydrogen (secondary N) is 1. The van der Waals surface area contributed by atoms with E-state index in [0.717, 1.165) is 12.8 Å². The van der Waals surface area contributed by atoms with Crippen LogP contribution in [0.4, 0.5) is 5.69 Å². The molecule has 5 nitrogen and oxygen atoms in total. The summed E-state index contributed by atoms with van der Waals surface area (Å²) < 4.78 is 0. The summed E-state index contributed by atoms with van der Waals surface area (Å²) in [5.41, 5.74) is 7.42. The van der Waals surface area contributed by atoms with Gasteiger partial charge in [0.1, 0.15) is 0 Å². The lowest BCUT2D eigenvalue weighted by molar-refractivity contribution is 0.0710. The largest absolute Gasteiger partial charge is 0.337 e. The van der Waals surface area contributed by atoms with Crippen LogP contribution in [-0.2, 0) is 0 Å². The maximum atomic E-state index is 12.8. The highest BCUT2D eigenvalue weighted by atomic mass is 35.5. The monoisotopic (exact) mass is 357 g/mol. The molecule has 0 saturated carbocycles. The Labute approximate surface area is 151 Å². The Morgan fingerprint density at radius 3 is 2.56 bits per heavy atom. The normalized spacial score (nSPS) is 17.2. The lowest BCUT2D eigenvalue weighted by atomic mass is 10.0. The molecule has 0 aromatic heterocycles. The lowest BCUT2D eigenvalue weighted by Crippen LogP contribution is -2.45. The molecule has 130 valence electrons. The van der Waals surface area contributed by atoms with Gasteiger partial charge in [-0.05, 0) is 49.2 Å². The number of carbonyl (C=O) groups is 2. The van der Waals surface area contributed by atoms with Gasteiger partial charge in [-0.25, -0.2) is 0 Å². The number of amides is 2. The summed E-state index contributed by atoms with van der Waals surface area (Å²) in [5.74, 6) is -0.394. The fraction of sp³-hybridized carbons (Fsp3) is 0.263. The molecule has 1 saturated heterocycles. The Bertz CT molecular complexity index is 776. The molecule has 1 aliphatic heterocycles. The van der Waals surface area contributed by atoms with E-state index < -0.39 is 0 Å². The summed E-state index contributed by atoms with van der Waals surface area (Å²) in [5, 5.41) is 3.38. The van der Waals surface area contributed by atoms with Crippen LogP contribution >= 0.6 is 11.6 Å². The zero-order chi connectivity index (χ0) is 17.8. The van der Waals surface area contributed by atoms with Crippen LogP contribution in [0, 0.1) is 0 Å². The van der Waals surface area contributed by atoms with Crippen molar-refractivity contribution in [3.8, 4) is 0 Å². The van der Waals surface area contributed by atoms with E-state index in [1.165, 1.54) is 0 Å². The second-order valence-electron chi connectivity index (χ2n) is 6.16. The maximum absolute atomic E-state index is 12.8. The van der Waals surface area contributed by atoms with Crippen molar-refractivity contribution >= 4 is 29.1 Å². The Kier molecular flexibility index (Phi) is 5.36. The van der Waals surface area contributed by atoms with Gasteiger partial charge in [0.2, 0.25) is 0 Å². The Hall–Kier alpha value is -2.37. The first-order valence-electron chi connectivity index (χ1n) is 8.25. The molecule has 1 atom stereocenters. The molecule has 0 bridgehead atoms. The van der Waals surface area contributed by atoms with Gasteiger partial charge >= 0.3 is 0 Å². The third-order valence-electron chi connectivity index (χ3n) is 4.26. The van der Waals surface area contributed by atoms with Crippen molar-refractivity contribution in [2.24, 2.45) is 5.73 Å². The summed E-state index contributed by atoms with van der Waals surface area (Å²) in [6.07, 6.45) is 1.82. The van der Waals surface area contributed by atoms with Gasteiger partial charge in [-0.2, -0.15) is 0 Å². The average molecular weight is 358 g/mol. The molecule has 0 radical (unpaired) electrons. The van der Waals surface area contributed by atoms with Crippen molar-refractivity contribution in [3.63, 3.8) is 0 Å². The van der Waals surface area contributed by atoms with Gasteiger partial charge in [0.05, 0.1) is 11.3 Å². The number of anilines is 1. The quantitative estimate of drug-likeness (QED) is 0.886. The van der Waals surface area contributed by atoms with E-state index in [1.807, 2.05) is 0 Å². The zero-order valence-electron chi connectivity index (χ0n) is 13.7. The van der Waals surface area contributed by atoms with Crippen molar-refractivity contribution in [2.45, 2.75) is 18.9 Å². The lowest BCUT2D eigenvalue weighted by Gasteiger charge is -2.31. The molecular weight excluding hydrogens is 338 g/mol. The van der Waals surface area contributed by atoms with E-state index in [-0.39, 0.29) is 17.9 Å². The van der Waals surface area contributed by atoms with E-state index >= 15 is 0 Å². The number of carbonyl (C=O) groups excluding carboxylic acids is 2. The topological polar surface area (TPSA) is 75.4 Å². The molecule has 2 aromatic rings. The van der Waals surface area contributed by atoms with Gasteiger partial charge < -0.3 is 16.0 Å². The number of nitrogens with two attached hydrogens (primary N) is 1. The van der Waals surface area contributed by atoms with Crippen molar-refractivity contribution < 1.29 is 9.59 Å². The van der Waals surface area contributed by atoms with Gasteiger partial charge in [0.15, 0.2) is 0 Å². The van der Waals surface area contributed by atoms with E-state index in [0.29, 0.717) is 34.9 Å². The van der Waals surface area contributed by atoms with Gasteiger partial charge in [0.25, 0.3) is 11.8 Å². The molecule has 1 fully saturated rings. The Morgan fingerprint density at radius 1 is 1.12 bits per heavy atom. The fourth-order valence-corrected chi connectivity index (χ4v) is 3.07. The molecule has 0 spiro atoms. The predicted molar refractivity (Wildman–Crippen MR) is 99.0 cm³/mol. The van der Waals surface area contributed by atoms with Crippen LogP contribution in [0.2, 0.25) is 5.02 Å². The third-order valence-corrected chi connectivity index (χ3v) is 4.51. The minimum Gasteiger partial charge on any atom is -0.337 e. The van der Waals surface area contributed by atoms with Crippen molar-refractivity contribution in [3.05, 3.63) is 64.7 Å². The van der Waals surface area contributed by atoms with Crippen molar-refractivity contribution in [1.82, 2.24) is 4.90 Å². The number of para-hydroxylation sites is 1. The molecule has 1 aliphatic rings. The van der Waals surface area contributed by atoms with Crippen LogP contribution in [0.5, 0.6) is 0 Å². The van der Waals surface area contributed by atoms with E-state index in [1.54, 1.807) is 53.4 Å². The van der Waals surface area contributed by atoms with Crippen LogP contribution in [-0.4, -0.2) is 35.8 Å². The Morgan fingerprint density at radius 2 is 1.84 bits per heavy atom. The first-order chi connectivity index (χ1) is 12.0. The van der Waals surface area contributed by atoms with Crippen LogP contribution in [0.25, 0.3) is 0 Å². The molecule has 1 unspecified atom stereocenters. The third kappa shape index (κ3) is 4.18. The minimum absolute atomic E-state index is 0.00789. The van der Waals surface area contributed by atoms with Crippen LogP contribution in [0.3, 0.4) is 0 Å². The number of piperidine rings is 1. The number of hydrogen-bond donors (Lipinski definition) is 2. The average Bonchev–Trinajstić information content (AvgIpc) is 2.62. The van der Waals surface area contributed by atoms with E-state index in [4.69, 9.17) is 17.3 Å². The van der Waals surface area contributed by atoms with Crippen LogP contribution in [0.15, 0.2) is 48.5 Å². The number of halogens is 1. The molecular formula is C19H20ClN3O2. The van der Waals surface area contributed by atoms with Crippen LogP contribution in [0.1, 0.15) is 33.6 Å². The number of nitrogens with zero attached hydrogens (tertiary/aromatic N) is 1. The summed E-state index contributed by atoms with van der Waals surface area (Å²) in [4.78, 5) is 27.0. The van der Waals surface area contributed by atoms with Crippen LogP contribution < -0.4 is 11.1 Å². The summed E-state index contributed by atoms with van der Waals surface area (Å²) in [6.45, 7) is 1.23. The Balaban J connectivity index is 1.79. The molecule has 2 amide bonds. The van der Waals surface area contributed by atoms with Gasteiger partial charge in [-0.3, -0.25) is 9.59 Å². The molecule has 2 aromatic carbocycles. The minimum atomic E-state index is -0.285. The highest BCUT2D eigenvalue weighted by Gasteiger charge is 2.24. The molecule has 25 heavy (non-hydrogen) atoms. The number of likely N-dealkylation sites (tertiary alicyclic amines) is 1. The van der Waals surface area contributed by atoms with Crippen molar-refractivity contribution in [2.75, 3.05) is 18.4 Å². The highest BCUT2D eigenvalue weighted by Crippen LogP contribution is 2.21. The second-order valence-corrected chi connectivity index (χ2v) is 6.60. The van der Waals surface area contributed by atoms with Gasteiger partial charge in [0, 0.05) is 29.7 Å². The first-order valence-corrected chi connectivity index (χ1v) is 8.63. The first kappa shape index (κ1) is 17.5. The molecule has 0 aliphatic carbocycles. The van der Waals surface area contributed by atoms with Gasteiger partial charge in [-0.15, -0.1) is 0 Å². The zero-order valence-corrected chi connectivity index (χ0v) is 14.5. The van der Waals surface area contributed by atoms with E-state index in [9.17, 15) is 9.59 Å². The fourth-order valence-electron chi connectivity index (χ4n) is 2.94. The SMILES string of the molecule is NC1CCCN(C(=O)c2ccccc2NC(=O)c2ccc(Cl)cc2)C1. The number of hydrogen-bond acceptors (Lipinski definition) is 3. The molecule has 3 rings (SSSR count). The number of rotatable bonds is 3. The van der Waals surface area contributed by atoms with Crippen molar-refractivity contribution in [1.29, 1.82) is 0 Å². The standard InChI is InChI=1S/C19H20ClN3O2/c20-14-9-7-13(8-10-14)18(24)22-17-6-2-1-5-16(17)19(25)23-11-3-4-15(21)12-23/h1-2,5-10,15H,3-4,11-12,21H2,(H,22,24). The smallest absolute Gasteiger partial charge is 0.256 e. The predicted octanol–water partition coefficient (Wildman–Crippen LogP) is 3.16.